The molecule has 0 aromatic heterocycles. The first-order valence-corrected chi connectivity index (χ1v) is 10.7. The number of carbonyl (C=O) groups excluding carboxylic acids is 2. The Balaban J connectivity index is 1.79. The van der Waals surface area contributed by atoms with Crippen LogP contribution in [0.3, 0.4) is 0 Å². The number of nitrogens with zero attached hydrogens (tertiary/aromatic N) is 3. The standard InChI is InChI=1S/C22H27ClN4O6/c1-4-26(5-2)27(30)25-33-15-32-22(29)17-8-6-16(7-9-17)12-13-24-21(28)19-14-18(23)10-11-20(19)31-3/h6-11,14H,4-5,12-13,15H2,1-3H3,(H,24,28)/b27-25-. The van der Waals surface area contributed by atoms with Crippen LogP contribution in [0.15, 0.2) is 47.7 Å². The second-order valence-electron chi connectivity index (χ2n) is 6.70. The van der Waals surface area contributed by atoms with Crippen molar-refractivity contribution in [2.45, 2.75) is 20.3 Å². The molecule has 0 spiro atoms. The van der Waals surface area contributed by atoms with Crippen LogP contribution in [0, 0.1) is 5.21 Å². The summed E-state index contributed by atoms with van der Waals surface area (Å²) in [7, 11) is 1.48. The van der Waals surface area contributed by atoms with Crippen LogP contribution in [-0.2, 0) is 16.0 Å². The van der Waals surface area contributed by atoms with Gasteiger partial charge in [-0.1, -0.05) is 23.7 Å². The largest absolute Gasteiger partial charge is 0.569 e. The number of nitrogens with one attached hydrogen (secondary N) is 1. The normalized spacial score (nSPS) is 11.0. The van der Waals surface area contributed by atoms with E-state index in [1.807, 2.05) is 0 Å². The lowest BCUT2D eigenvalue weighted by Gasteiger charge is -2.13. The highest BCUT2D eigenvalue weighted by Crippen LogP contribution is 2.22. The van der Waals surface area contributed by atoms with Gasteiger partial charge in [0.05, 0.1) is 36.3 Å². The molecule has 0 saturated carbocycles. The van der Waals surface area contributed by atoms with Crippen LogP contribution in [0.5, 0.6) is 5.75 Å². The number of halogens is 1. The lowest BCUT2D eigenvalue weighted by atomic mass is 10.1. The predicted molar refractivity (Wildman–Crippen MR) is 121 cm³/mol. The SMILES string of the molecule is CCN(CC)/[N+]([O-])=N/OCOC(=O)c1ccc(CCNC(=O)c2cc(Cl)ccc2OC)cc1. The first-order chi connectivity index (χ1) is 15.9. The summed E-state index contributed by atoms with van der Waals surface area (Å²) in [5.41, 5.74) is 1.59. The second kappa shape index (κ2) is 13.1. The number of carbonyl (C=O) groups is 2. The Morgan fingerprint density at radius 2 is 1.85 bits per heavy atom. The summed E-state index contributed by atoms with van der Waals surface area (Å²) >= 11 is 5.96. The summed E-state index contributed by atoms with van der Waals surface area (Å²) in [5, 5.41) is 19.5. The highest BCUT2D eigenvalue weighted by molar-refractivity contribution is 6.31. The zero-order valence-electron chi connectivity index (χ0n) is 18.7. The van der Waals surface area contributed by atoms with Gasteiger partial charge in [-0.05, 0) is 56.2 Å². The van der Waals surface area contributed by atoms with Gasteiger partial charge in [-0.2, -0.15) is 0 Å². The van der Waals surface area contributed by atoms with E-state index in [9.17, 15) is 14.8 Å². The van der Waals surface area contributed by atoms with Crippen LogP contribution in [-0.4, -0.2) is 55.4 Å². The summed E-state index contributed by atoms with van der Waals surface area (Å²) in [6.45, 7) is 4.44. The lowest BCUT2D eigenvalue weighted by Crippen LogP contribution is -2.30. The van der Waals surface area contributed by atoms with E-state index in [4.69, 9.17) is 25.9 Å². The Kier molecular flexibility index (Phi) is 10.2. The van der Waals surface area contributed by atoms with Crippen molar-refractivity contribution in [3.8, 4) is 5.75 Å². The number of amides is 1. The van der Waals surface area contributed by atoms with Gasteiger partial charge in [0.2, 0.25) is 5.28 Å². The van der Waals surface area contributed by atoms with Crippen LogP contribution in [0.2, 0.25) is 5.02 Å². The molecule has 0 aliphatic carbocycles. The van der Waals surface area contributed by atoms with Crippen LogP contribution >= 0.6 is 11.6 Å². The molecule has 0 fully saturated rings. The van der Waals surface area contributed by atoms with Gasteiger partial charge in [0.1, 0.15) is 5.75 Å². The summed E-state index contributed by atoms with van der Waals surface area (Å²) in [6.07, 6.45) is 0.552. The third-order valence-electron chi connectivity index (χ3n) is 4.64. The van der Waals surface area contributed by atoms with E-state index in [1.165, 1.54) is 12.1 Å². The molecule has 1 N–H and O–H groups in total. The van der Waals surface area contributed by atoms with E-state index in [0.29, 0.717) is 52.9 Å². The first-order valence-electron chi connectivity index (χ1n) is 10.3. The molecule has 0 saturated heterocycles. The molecule has 2 aromatic rings. The van der Waals surface area contributed by atoms with E-state index in [2.05, 4.69) is 10.6 Å². The number of hydrogen-bond acceptors (Lipinski definition) is 7. The minimum Gasteiger partial charge on any atom is -0.569 e. The summed E-state index contributed by atoms with van der Waals surface area (Å²) < 4.78 is 10.1. The third kappa shape index (κ3) is 7.83. The van der Waals surface area contributed by atoms with Gasteiger partial charge in [-0.3, -0.25) is 4.79 Å². The monoisotopic (exact) mass is 478 g/mol. The van der Waals surface area contributed by atoms with E-state index >= 15 is 0 Å². The molecule has 0 aliphatic heterocycles. The van der Waals surface area contributed by atoms with Gasteiger partial charge in [-0.15, -0.1) is 5.01 Å². The molecule has 0 atom stereocenters. The molecule has 0 aliphatic rings. The van der Waals surface area contributed by atoms with Crippen LogP contribution in [0.1, 0.15) is 40.1 Å². The molecule has 178 valence electrons. The van der Waals surface area contributed by atoms with Gasteiger partial charge in [-0.25, -0.2) is 4.79 Å². The van der Waals surface area contributed by atoms with Gasteiger partial charge in [0.25, 0.3) is 12.7 Å². The topological polar surface area (TPSA) is 116 Å². The van der Waals surface area contributed by atoms with Crippen LogP contribution in [0.25, 0.3) is 0 Å². The van der Waals surface area contributed by atoms with Crippen LogP contribution in [0.4, 0.5) is 0 Å². The van der Waals surface area contributed by atoms with Gasteiger partial charge in [0, 0.05) is 11.6 Å². The maximum absolute atomic E-state index is 12.4. The average Bonchev–Trinajstić information content (AvgIpc) is 2.82. The predicted octanol–water partition coefficient (Wildman–Crippen LogP) is 3.59. The fourth-order valence-corrected chi connectivity index (χ4v) is 3.01. The van der Waals surface area contributed by atoms with E-state index in [-0.39, 0.29) is 5.91 Å². The first kappa shape index (κ1) is 25.7. The number of methoxy groups -OCH3 is 1. The molecule has 2 rings (SSSR count). The van der Waals surface area contributed by atoms with Crippen molar-refractivity contribution in [2.75, 3.05) is 33.5 Å². The highest BCUT2D eigenvalue weighted by atomic mass is 35.5. The average molecular weight is 479 g/mol. The van der Waals surface area contributed by atoms with Crippen molar-refractivity contribution in [1.82, 2.24) is 10.3 Å². The minimum absolute atomic E-state index is 0.294. The Labute approximate surface area is 197 Å². The zero-order valence-corrected chi connectivity index (χ0v) is 19.5. The molecule has 2 aromatic carbocycles. The highest BCUT2D eigenvalue weighted by Gasteiger charge is 2.13. The molecule has 10 nitrogen and oxygen atoms in total. The maximum Gasteiger partial charge on any atom is 0.341 e. The lowest BCUT2D eigenvalue weighted by molar-refractivity contribution is -0.710. The molecule has 1 amide bonds. The van der Waals surface area contributed by atoms with Crippen molar-refractivity contribution in [1.29, 1.82) is 0 Å². The molecular weight excluding hydrogens is 452 g/mol. The molecule has 33 heavy (non-hydrogen) atoms. The third-order valence-corrected chi connectivity index (χ3v) is 4.87. The van der Waals surface area contributed by atoms with Gasteiger partial charge < -0.3 is 24.8 Å². The van der Waals surface area contributed by atoms with Gasteiger partial charge >= 0.3 is 5.97 Å². The van der Waals surface area contributed by atoms with Gasteiger partial charge in [0.15, 0.2) is 0 Å². The van der Waals surface area contributed by atoms with Crippen LogP contribution < -0.4 is 10.1 Å². The fraction of sp³-hybridized carbons (Fsp3) is 0.364. The quantitative estimate of drug-likeness (QED) is 0.124. The number of hydrogen-bond donors (Lipinski definition) is 1. The number of esters is 1. The zero-order chi connectivity index (χ0) is 24.2. The molecule has 0 unspecified atom stereocenters. The van der Waals surface area contributed by atoms with Crippen molar-refractivity contribution < 1.29 is 28.9 Å². The van der Waals surface area contributed by atoms with E-state index in [1.54, 1.807) is 56.3 Å². The minimum atomic E-state index is -0.613. The maximum atomic E-state index is 12.4. The smallest absolute Gasteiger partial charge is 0.341 e. The molecule has 11 heteroatoms. The summed E-state index contributed by atoms with van der Waals surface area (Å²) in [6, 6.07) is 11.6. The van der Waals surface area contributed by atoms with Crippen molar-refractivity contribution in [2.24, 2.45) is 5.28 Å². The van der Waals surface area contributed by atoms with E-state index in [0.717, 1.165) is 5.56 Å². The summed E-state index contributed by atoms with van der Waals surface area (Å²) in [5.74, 6) is -0.469. The Hall–Kier alpha value is -3.53. The number of hydrazine groups is 1. The van der Waals surface area contributed by atoms with Crippen molar-refractivity contribution in [3.05, 3.63) is 69.4 Å². The number of benzene rings is 2. The number of ether oxygens (including phenoxy) is 2. The fourth-order valence-electron chi connectivity index (χ4n) is 2.83. The van der Waals surface area contributed by atoms with Crippen molar-refractivity contribution >= 4 is 23.5 Å². The second-order valence-corrected chi connectivity index (χ2v) is 7.14. The molecule has 0 radical (unpaired) electrons. The Morgan fingerprint density at radius 3 is 2.48 bits per heavy atom. The molecule has 0 bridgehead atoms. The van der Waals surface area contributed by atoms with Crippen molar-refractivity contribution in [3.63, 3.8) is 0 Å². The molecular formula is C22H27ClN4O6. The number of rotatable bonds is 12. The Morgan fingerprint density at radius 1 is 1.15 bits per heavy atom. The molecule has 0 heterocycles. The summed E-state index contributed by atoms with van der Waals surface area (Å²) in [4.78, 5) is 29.5. The Bertz CT molecular complexity index is 964. The van der Waals surface area contributed by atoms with E-state index < -0.39 is 12.8 Å².